The highest BCUT2D eigenvalue weighted by Gasteiger charge is 2.13. The lowest BCUT2D eigenvalue weighted by molar-refractivity contribution is 0.414. The number of benzene rings is 1. The van der Waals surface area contributed by atoms with Crippen LogP contribution in [0.15, 0.2) is 23.1 Å². The summed E-state index contributed by atoms with van der Waals surface area (Å²) in [6, 6.07) is 4.06. The maximum absolute atomic E-state index is 11.2. The Balaban J connectivity index is 3.22. The van der Waals surface area contributed by atoms with Gasteiger partial charge in [-0.2, -0.15) is 4.83 Å². The SMILES string of the molecule is COc1ccc(S(=O)(=O)NN)cc1Cl. The number of rotatable bonds is 3. The third-order valence-corrected chi connectivity index (χ3v) is 3.07. The molecule has 14 heavy (non-hydrogen) atoms. The predicted octanol–water partition coefficient (Wildman–Crippen LogP) is 0.501. The van der Waals surface area contributed by atoms with E-state index in [1.165, 1.54) is 25.3 Å². The smallest absolute Gasteiger partial charge is 0.253 e. The zero-order chi connectivity index (χ0) is 10.8. The van der Waals surface area contributed by atoms with Crippen LogP contribution in [0.5, 0.6) is 5.75 Å². The summed E-state index contributed by atoms with van der Waals surface area (Å²) >= 11 is 5.73. The maximum Gasteiger partial charge on any atom is 0.253 e. The third kappa shape index (κ3) is 2.16. The van der Waals surface area contributed by atoms with Crippen LogP contribution in [-0.4, -0.2) is 15.5 Å². The van der Waals surface area contributed by atoms with Crippen LogP contribution in [0, 0.1) is 0 Å². The minimum atomic E-state index is -3.66. The Morgan fingerprint density at radius 1 is 1.50 bits per heavy atom. The third-order valence-electron chi connectivity index (χ3n) is 1.59. The Morgan fingerprint density at radius 2 is 2.14 bits per heavy atom. The highest BCUT2D eigenvalue weighted by molar-refractivity contribution is 7.89. The molecule has 0 spiro atoms. The average Bonchev–Trinajstić information content (AvgIpc) is 2.17. The molecule has 5 nitrogen and oxygen atoms in total. The molecule has 0 unspecified atom stereocenters. The molecule has 0 atom stereocenters. The molecular formula is C7H9ClN2O3S. The van der Waals surface area contributed by atoms with Crippen LogP contribution < -0.4 is 15.4 Å². The van der Waals surface area contributed by atoms with Crippen LogP contribution >= 0.6 is 11.6 Å². The number of nitrogens with one attached hydrogen (secondary N) is 1. The molecule has 3 N–H and O–H groups in total. The number of hydrazine groups is 1. The van der Waals surface area contributed by atoms with E-state index in [-0.39, 0.29) is 9.92 Å². The van der Waals surface area contributed by atoms with E-state index in [0.717, 1.165) is 0 Å². The van der Waals surface area contributed by atoms with Gasteiger partial charge in [0.2, 0.25) is 0 Å². The van der Waals surface area contributed by atoms with Gasteiger partial charge < -0.3 is 4.74 Å². The number of hydrogen-bond donors (Lipinski definition) is 2. The van der Waals surface area contributed by atoms with Gasteiger partial charge in [-0.15, -0.1) is 0 Å². The number of nitrogens with two attached hydrogens (primary N) is 1. The van der Waals surface area contributed by atoms with Crippen LogP contribution in [0.3, 0.4) is 0 Å². The monoisotopic (exact) mass is 236 g/mol. The van der Waals surface area contributed by atoms with Crippen LogP contribution in [0.1, 0.15) is 0 Å². The van der Waals surface area contributed by atoms with Crippen LogP contribution in [0.25, 0.3) is 0 Å². The Hall–Kier alpha value is -0.820. The summed E-state index contributed by atoms with van der Waals surface area (Å²) in [5.41, 5.74) is 0. The Bertz CT molecular complexity index is 433. The average molecular weight is 237 g/mol. The minimum absolute atomic E-state index is 0.00852. The number of hydrogen-bond acceptors (Lipinski definition) is 4. The second-order valence-corrected chi connectivity index (χ2v) is 4.54. The van der Waals surface area contributed by atoms with Gasteiger partial charge in [-0.1, -0.05) is 11.6 Å². The molecule has 1 aromatic rings. The molecule has 0 amide bonds. The summed E-state index contributed by atoms with van der Waals surface area (Å²) in [7, 11) is -2.22. The molecule has 0 fully saturated rings. The largest absolute Gasteiger partial charge is 0.495 e. The zero-order valence-corrected chi connectivity index (χ0v) is 8.89. The van der Waals surface area contributed by atoms with Crippen LogP contribution in [0.4, 0.5) is 0 Å². The molecule has 0 aliphatic carbocycles. The predicted molar refractivity (Wildman–Crippen MR) is 52.5 cm³/mol. The fourth-order valence-electron chi connectivity index (χ4n) is 0.882. The molecule has 0 bridgehead atoms. The van der Waals surface area contributed by atoms with Gasteiger partial charge in [0.25, 0.3) is 10.0 Å². The van der Waals surface area contributed by atoms with Gasteiger partial charge in [-0.25, -0.2) is 8.42 Å². The lowest BCUT2D eigenvalue weighted by atomic mass is 10.3. The summed E-state index contributed by atoms with van der Waals surface area (Å²) < 4.78 is 27.3. The number of sulfonamides is 1. The number of ether oxygens (including phenoxy) is 1. The zero-order valence-electron chi connectivity index (χ0n) is 7.32. The van der Waals surface area contributed by atoms with Crippen molar-refractivity contribution in [2.24, 2.45) is 5.84 Å². The van der Waals surface area contributed by atoms with Crippen molar-refractivity contribution in [3.63, 3.8) is 0 Å². The van der Waals surface area contributed by atoms with Gasteiger partial charge in [-0.3, -0.25) is 5.84 Å². The van der Waals surface area contributed by atoms with E-state index in [4.69, 9.17) is 22.2 Å². The van der Waals surface area contributed by atoms with Crippen molar-refractivity contribution in [1.29, 1.82) is 0 Å². The molecule has 1 rings (SSSR count). The highest BCUT2D eigenvalue weighted by Crippen LogP contribution is 2.26. The molecule has 0 aliphatic heterocycles. The topological polar surface area (TPSA) is 81.4 Å². The van der Waals surface area contributed by atoms with Gasteiger partial charge in [-0.05, 0) is 18.2 Å². The van der Waals surface area contributed by atoms with Crippen molar-refractivity contribution in [2.45, 2.75) is 4.90 Å². The van der Waals surface area contributed by atoms with Crippen molar-refractivity contribution < 1.29 is 13.2 Å². The molecule has 0 heterocycles. The molecule has 7 heteroatoms. The van der Waals surface area contributed by atoms with E-state index < -0.39 is 10.0 Å². The van der Waals surface area contributed by atoms with E-state index in [1.54, 1.807) is 4.83 Å². The first-order valence-electron chi connectivity index (χ1n) is 3.57. The molecule has 1 aromatic carbocycles. The molecule has 0 saturated heterocycles. The number of methoxy groups -OCH3 is 1. The first-order valence-corrected chi connectivity index (χ1v) is 5.43. The summed E-state index contributed by atoms with van der Waals surface area (Å²) in [6.45, 7) is 0. The lowest BCUT2D eigenvalue weighted by Gasteiger charge is -2.05. The molecule has 0 saturated carbocycles. The van der Waals surface area contributed by atoms with E-state index in [1.807, 2.05) is 0 Å². The van der Waals surface area contributed by atoms with Gasteiger partial charge in [0, 0.05) is 0 Å². The fraction of sp³-hybridized carbons (Fsp3) is 0.143. The fourth-order valence-corrected chi connectivity index (χ4v) is 1.86. The van der Waals surface area contributed by atoms with Crippen molar-refractivity contribution in [2.75, 3.05) is 7.11 Å². The van der Waals surface area contributed by atoms with Crippen molar-refractivity contribution in [3.8, 4) is 5.75 Å². The summed E-state index contributed by atoms with van der Waals surface area (Å²) in [5, 5.41) is 0.212. The van der Waals surface area contributed by atoms with Gasteiger partial charge in [0.1, 0.15) is 5.75 Å². The van der Waals surface area contributed by atoms with Gasteiger partial charge in [0.05, 0.1) is 17.0 Å². The van der Waals surface area contributed by atoms with E-state index in [9.17, 15) is 8.42 Å². The van der Waals surface area contributed by atoms with Crippen LogP contribution in [-0.2, 0) is 10.0 Å². The number of halogens is 1. The first kappa shape index (κ1) is 11.3. The Labute approximate surface area is 86.8 Å². The Kier molecular flexibility index (Phi) is 3.33. The van der Waals surface area contributed by atoms with Crippen LogP contribution in [0.2, 0.25) is 5.02 Å². The maximum atomic E-state index is 11.2. The van der Waals surface area contributed by atoms with Crippen molar-refractivity contribution in [3.05, 3.63) is 23.2 Å². The summed E-state index contributed by atoms with van der Waals surface area (Å²) in [4.78, 5) is 1.69. The highest BCUT2D eigenvalue weighted by atomic mass is 35.5. The summed E-state index contributed by atoms with van der Waals surface area (Å²) in [5.74, 6) is 5.25. The second-order valence-electron chi connectivity index (χ2n) is 2.42. The Morgan fingerprint density at radius 3 is 2.57 bits per heavy atom. The summed E-state index contributed by atoms with van der Waals surface area (Å²) in [6.07, 6.45) is 0. The molecule has 0 radical (unpaired) electrons. The van der Waals surface area contributed by atoms with Gasteiger partial charge in [0.15, 0.2) is 0 Å². The van der Waals surface area contributed by atoms with Crippen molar-refractivity contribution >= 4 is 21.6 Å². The van der Waals surface area contributed by atoms with Gasteiger partial charge >= 0.3 is 0 Å². The second kappa shape index (κ2) is 4.14. The molecule has 0 aromatic heterocycles. The molecular weight excluding hydrogens is 228 g/mol. The minimum Gasteiger partial charge on any atom is -0.495 e. The van der Waals surface area contributed by atoms with E-state index in [2.05, 4.69) is 0 Å². The van der Waals surface area contributed by atoms with E-state index >= 15 is 0 Å². The lowest BCUT2D eigenvalue weighted by Crippen LogP contribution is -2.30. The first-order chi connectivity index (χ1) is 6.51. The standard InChI is InChI=1S/C7H9ClN2O3S/c1-13-7-3-2-5(4-6(7)8)14(11,12)10-9/h2-4,10H,9H2,1H3. The molecule has 78 valence electrons. The molecule has 0 aliphatic rings. The normalized spacial score (nSPS) is 11.4. The quantitative estimate of drug-likeness (QED) is 0.592. The van der Waals surface area contributed by atoms with E-state index in [0.29, 0.717) is 5.75 Å². The van der Waals surface area contributed by atoms with Crippen molar-refractivity contribution in [1.82, 2.24) is 4.83 Å².